The average molecular weight is 371 g/mol. The lowest BCUT2D eigenvalue weighted by Gasteiger charge is -2.00. The highest BCUT2D eigenvalue weighted by molar-refractivity contribution is 7.19. The van der Waals surface area contributed by atoms with Gasteiger partial charge in [-0.3, -0.25) is 0 Å². The maximum Gasteiger partial charge on any atom is 0.435 e. The number of nitrogens with two attached hydrogens (primary N) is 2. The van der Waals surface area contributed by atoms with Gasteiger partial charge in [-0.05, 0) is 0 Å². The van der Waals surface area contributed by atoms with Crippen LogP contribution in [-0.2, 0) is 12.4 Å². The van der Waals surface area contributed by atoms with Crippen LogP contribution in [0.3, 0.4) is 0 Å². The van der Waals surface area contributed by atoms with Crippen LogP contribution in [0.15, 0.2) is 5.38 Å². The van der Waals surface area contributed by atoms with Crippen molar-refractivity contribution in [2.75, 3.05) is 11.5 Å². The molecular weight excluding hydrogens is 366 g/mol. The standard InChI is InChI=1S/C4H2ClF3N2S.C4H3F3N2S/c5-2-1(4(6,7)8)10-3(9)11-2;5-4(6,7)2-1-10-3(8)9-2/h(H2,9,10);1H,(H2,8,9). The Morgan fingerprint density at radius 1 is 0.952 bits per heavy atom. The van der Waals surface area contributed by atoms with Crippen LogP contribution in [-0.4, -0.2) is 9.97 Å². The number of alkyl halides is 6. The number of thiazole rings is 2. The molecule has 0 atom stereocenters. The molecule has 2 heterocycles. The van der Waals surface area contributed by atoms with Crippen LogP contribution in [0.25, 0.3) is 0 Å². The highest BCUT2D eigenvalue weighted by atomic mass is 35.5. The van der Waals surface area contributed by atoms with Crippen LogP contribution in [0, 0.1) is 0 Å². The Morgan fingerprint density at radius 3 is 1.71 bits per heavy atom. The molecule has 0 aliphatic rings. The van der Waals surface area contributed by atoms with Crippen LogP contribution in [0.4, 0.5) is 36.6 Å². The first-order valence-corrected chi connectivity index (χ1v) is 6.76. The van der Waals surface area contributed by atoms with Gasteiger partial charge in [0.15, 0.2) is 21.7 Å². The van der Waals surface area contributed by atoms with E-state index in [4.69, 9.17) is 23.1 Å². The molecule has 0 amide bonds. The highest BCUT2D eigenvalue weighted by Gasteiger charge is 2.37. The van der Waals surface area contributed by atoms with Gasteiger partial charge in [-0.1, -0.05) is 22.9 Å². The van der Waals surface area contributed by atoms with Crippen LogP contribution in [0.1, 0.15) is 11.4 Å². The lowest BCUT2D eigenvalue weighted by Crippen LogP contribution is -2.06. The van der Waals surface area contributed by atoms with Crippen LogP contribution in [0.5, 0.6) is 0 Å². The largest absolute Gasteiger partial charge is 0.435 e. The summed E-state index contributed by atoms with van der Waals surface area (Å²) < 4.78 is 70.2. The number of anilines is 2. The van der Waals surface area contributed by atoms with Crippen molar-refractivity contribution in [1.29, 1.82) is 0 Å². The summed E-state index contributed by atoms with van der Waals surface area (Å²) in [6.45, 7) is 0. The molecule has 0 saturated carbocycles. The number of nitrogens with zero attached hydrogens (tertiary/aromatic N) is 2. The summed E-state index contributed by atoms with van der Waals surface area (Å²) in [4.78, 5) is 6.07. The minimum atomic E-state index is -4.51. The van der Waals surface area contributed by atoms with E-state index in [0.717, 1.165) is 16.7 Å². The summed E-state index contributed by atoms with van der Waals surface area (Å²) >= 11 is 6.57. The molecule has 0 aliphatic heterocycles. The van der Waals surface area contributed by atoms with E-state index < -0.39 is 28.1 Å². The fourth-order valence-corrected chi connectivity index (χ4v) is 2.44. The zero-order chi connectivity index (χ0) is 16.4. The van der Waals surface area contributed by atoms with Crippen molar-refractivity contribution in [1.82, 2.24) is 9.97 Å². The van der Waals surface area contributed by atoms with Crippen molar-refractivity contribution in [3.63, 3.8) is 0 Å². The second-order valence-corrected chi connectivity index (χ2v) is 5.76. The summed E-state index contributed by atoms with van der Waals surface area (Å²) in [6.07, 6.45) is -8.88. The molecule has 0 radical (unpaired) electrons. The average Bonchev–Trinajstić information content (AvgIpc) is 2.84. The maximum absolute atomic E-state index is 11.9. The topological polar surface area (TPSA) is 77.8 Å². The number of halogens is 7. The van der Waals surface area contributed by atoms with Gasteiger partial charge in [0, 0.05) is 5.38 Å². The van der Waals surface area contributed by atoms with Gasteiger partial charge < -0.3 is 11.5 Å². The van der Waals surface area contributed by atoms with E-state index in [-0.39, 0.29) is 10.3 Å². The van der Waals surface area contributed by atoms with Crippen LogP contribution >= 0.6 is 34.3 Å². The first-order chi connectivity index (χ1) is 9.41. The Bertz CT molecular complexity index is 605. The molecule has 21 heavy (non-hydrogen) atoms. The molecule has 2 aromatic rings. The molecule has 2 rings (SSSR count). The second-order valence-electron chi connectivity index (χ2n) is 3.24. The van der Waals surface area contributed by atoms with Crippen LogP contribution in [0.2, 0.25) is 4.34 Å². The van der Waals surface area contributed by atoms with Gasteiger partial charge in [-0.25, -0.2) is 9.97 Å². The van der Waals surface area contributed by atoms with Crippen molar-refractivity contribution < 1.29 is 26.3 Å². The van der Waals surface area contributed by atoms with Gasteiger partial charge in [0.1, 0.15) is 4.34 Å². The quantitative estimate of drug-likeness (QED) is 0.683. The predicted octanol–water partition coefficient (Wildman–Crippen LogP) is 4.14. The number of aromatic nitrogens is 2. The zero-order valence-electron chi connectivity index (χ0n) is 9.59. The summed E-state index contributed by atoms with van der Waals surface area (Å²) in [5, 5.41) is 0.643. The van der Waals surface area contributed by atoms with Crippen molar-refractivity contribution >= 4 is 44.5 Å². The molecule has 0 saturated heterocycles. The van der Waals surface area contributed by atoms with Gasteiger partial charge in [-0.2, -0.15) is 26.3 Å². The Morgan fingerprint density at radius 2 is 1.52 bits per heavy atom. The molecule has 0 aliphatic carbocycles. The van der Waals surface area contributed by atoms with Crippen molar-refractivity contribution in [2.45, 2.75) is 12.4 Å². The van der Waals surface area contributed by atoms with E-state index in [1.165, 1.54) is 0 Å². The molecule has 2 aromatic heterocycles. The smallest absolute Gasteiger partial charge is 0.375 e. The Balaban J connectivity index is 0.000000211. The summed E-state index contributed by atoms with van der Waals surface area (Å²) in [7, 11) is 0. The van der Waals surface area contributed by atoms with Gasteiger partial charge in [0.05, 0.1) is 0 Å². The monoisotopic (exact) mass is 370 g/mol. The number of hydrogen-bond donors (Lipinski definition) is 2. The fourth-order valence-electron chi connectivity index (χ4n) is 0.910. The number of nitrogen functional groups attached to an aromatic ring is 2. The van der Waals surface area contributed by atoms with Crippen molar-refractivity contribution in [3.8, 4) is 0 Å². The summed E-state index contributed by atoms with van der Waals surface area (Å²) in [5.74, 6) is 0. The van der Waals surface area contributed by atoms with E-state index in [1.807, 2.05) is 0 Å². The summed E-state index contributed by atoms with van der Waals surface area (Å²) in [5.41, 5.74) is 7.95. The zero-order valence-corrected chi connectivity index (χ0v) is 12.0. The van der Waals surface area contributed by atoms with E-state index in [9.17, 15) is 26.3 Å². The normalized spacial score (nSPS) is 12.0. The van der Waals surface area contributed by atoms with Gasteiger partial charge in [0.25, 0.3) is 0 Å². The first kappa shape index (κ1) is 17.8. The third kappa shape index (κ3) is 5.21. The number of rotatable bonds is 0. The van der Waals surface area contributed by atoms with Gasteiger partial charge >= 0.3 is 12.4 Å². The molecule has 0 unspecified atom stereocenters. The van der Waals surface area contributed by atoms with Crippen molar-refractivity contribution in [2.24, 2.45) is 0 Å². The SMILES string of the molecule is Nc1nc(C(F)(F)F)c(Cl)s1.Nc1nc(C(F)(F)F)cs1. The second kappa shape index (κ2) is 6.23. The van der Waals surface area contributed by atoms with Gasteiger partial charge in [-0.15, -0.1) is 11.3 Å². The highest BCUT2D eigenvalue weighted by Crippen LogP contribution is 2.37. The molecule has 0 fully saturated rings. The minimum absolute atomic E-state index is 0.0627. The third-order valence-electron chi connectivity index (χ3n) is 1.68. The van der Waals surface area contributed by atoms with E-state index in [0.29, 0.717) is 11.3 Å². The molecule has 4 N–H and O–H groups in total. The minimum Gasteiger partial charge on any atom is -0.375 e. The Kier molecular flexibility index (Phi) is 5.28. The lowest BCUT2D eigenvalue weighted by molar-refractivity contribution is -0.141. The Labute approximate surface area is 126 Å². The molecule has 4 nitrogen and oxygen atoms in total. The van der Waals surface area contributed by atoms with Crippen LogP contribution < -0.4 is 11.5 Å². The Hall–Kier alpha value is -1.27. The lowest BCUT2D eigenvalue weighted by atomic mass is 10.5. The maximum atomic E-state index is 11.9. The molecular formula is C8H5ClF6N4S2. The van der Waals surface area contributed by atoms with E-state index >= 15 is 0 Å². The van der Waals surface area contributed by atoms with E-state index in [2.05, 4.69) is 9.97 Å². The third-order valence-corrected chi connectivity index (χ3v) is 3.44. The summed E-state index contributed by atoms with van der Waals surface area (Å²) in [6, 6.07) is 0. The molecule has 0 spiro atoms. The number of hydrogen-bond acceptors (Lipinski definition) is 6. The predicted molar refractivity (Wildman–Crippen MR) is 68.1 cm³/mol. The van der Waals surface area contributed by atoms with Crippen molar-refractivity contribution in [3.05, 3.63) is 21.1 Å². The molecule has 118 valence electrons. The molecule has 13 heteroatoms. The van der Waals surface area contributed by atoms with Gasteiger partial charge in [0.2, 0.25) is 0 Å². The first-order valence-electron chi connectivity index (χ1n) is 4.68. The fraction of sp³-hybridized carbons (Fsp3) is 0.250. The molecule has 0 aromatic carbocycles. The van der Waals surface area contributed by atoms with E-state index in [1.54, 1.807) is 0 Å². The molecule has 0 bridgehead atoms.